The van der Waals surface area contributed by atoms with Gasteiger partial charge in [-0.2, -0.15) is 0 Å². The Morgan fingerprint density at radius 3 is 2.43 bits per heavy atom. The highest BCUT2D eigenvalue weighted by atomic mass is 35.5. The summed E-state index contributed by atoms with van der Waals surface area (Å²) in [4.78, 5) is 12.6. The van der Waals surface area contributed by atoms with Crippen LogP contribution >= 0.6 is 23.2 Å². The molecule has 3 aromatic carbocycles. The maximum atomic E-state index is 12.6. The summed E-state index contributed by atoms with van der Waals surface area (Å²) in [5.74, 6) is 1.10. The maximum absolute atomic E-state index is 12.6. The molecule has 0 saturated heterocycles. The lowest BCUT2D eigenvalue weighted by Gasteiger charge is -2.13. The highest BCUT2D eigenvalue weighted by Crippen LogP contribution is 2.27. The van der Waals surface area contributed by atoms with Gasteiger partial charge in [0.1, 0.15) is 18.1 Å². The van der Waals surface area contributed by atoms with Gasteiger partial charge in [-0.1, -0.05) is 40.9 Å². The van der Waals surface area contributed by atoms with Crippen molar-refractivity contribution in [2.24, 2.45) is 0 Å². The van der Waals surface area contributed by atoms with E-state index in [2.05, 4.69) is 5.32 Å². The molecule has 4 nitrogen and oxygen atoms in total. The fourth-order valence-electron chi connectivity index (χ4n) is 2.61. The molecule has 144 valence electrons. The Labute approximate surface area is 174 Å². The van der Waals surface area contributed by atoms with E-state index in [4.69, 9.17) is 32.7 Å². The van der Waals surface area contributed by atoms with Crippen LogP contribution < -0.4 is 14.8 Å². The average molecular weight is 416 g/mol. The number of anilines is 1. The van der Waals surface area contributed by atoms with Crippen LogP contribution in [0.1, 0.15) is 21.5 Å². The van der Waals surface area contributed by atoms with Crippen LogP contribution in [-0.4, -0.2) is 13.0 Å². The molecule has 0 radical (unpaired) electrons. The van der Waals surface area contributed by atoms with Gasteiger partial charge in [-0.3, -0.25) is 4.79 Å². The van der Waals surface area contributed by atoms with E-state index in [1.165, 1.54) is 0 Å². The molecule has 0 aliphatic heterocycles. The molecule has 0 unspecified atom stereocenters. The predicted molar refractivity (Wildman–Crippen MR) is 113 cm³/mol. The van der Waals surface area contributed by atoms with Gasteiger partial charge in [0, 0.05) is 16.1 Å². The van der Waals surface area contributed by atoms with Crippen LogP contribution in [-0.2, 0) is 6.61 Å². The van der Waals surface area contributed by atoms with Crippen molar-refractivity contribution >= 4 is 34.8 Å². The van der Waals surface area contributed by atoms with Crippen LogP contribution in [0.4, 0.5) is 5.69 Å². The number of carbonyl (C=O) groups excluding carboxylic acids is 1. The van der Waals surface area contributed by atoms with Crippen molar-refractivity contribution in [2.45, 2.75) is 13.5 Å². The monoisotopic (exact) mass is 415 g/mol. The Morgan fingerprint density at radius 2 is 1.75 bits per heavy atom. The molecule has 3 rings (SSSR count). The first-order chi connectivity index (χ1) is 13.5. The fraction of sp³-hybridized carbons (Fsp3) is 0.136. The Kier molecular flexibility index (Phi) is 6.45. The Balaban J connectivity index is 1.77. The second-order valence-corrected chi connectivity index (χ2v) is 7.05. The van der Waals surface area contributed by atoms with E-state index in [9.17, 15) is 4.79 Å². The van der Waals surface area contributed by atoms with E-state index < -0.39 is 0 Å². The molecule has 1 amide bonds. The summed E-state index contributed by atoms with van der Waals surface area (Å²) in [5.41, 5.74) is 2.88. The lowest BCUT2D eigenvalue weighted by molar-refractivity contribution is 0.102. The summed E-state index contributed by atoms with van der Waals surface area (Å²) in [5, 5.41) is 3.66. The van der Waals surface area contributed by atoms with Crippen LogP contribution in [0.5, 0.6) is 11.5 Å². The summed E-state index contributed by atoms with van der Waals surface area (Å²) in [7, 11) is 1.58. The molecule has 0 atom stereocenters. The summed E-state index contributed by atoms with van der Waals surface area (Å²) in [6.45, 7) is 2.29. The second-order valence-electron chi connectivity index (χ2n) is 6.21. The molecule has 1 N–H and O–H groups in total. The predicted octanol–water partition coefficient (Wildman–Crippen LogP) is 6.14. The van der Waals surface area contributed by atoms with Gasteiger partial charge in [-0.25, -0.2) is 0 Å². The fourth-order valence-corrected chi connectivity index (χ4v) is 3.07. The number of nitrogens with one attached hydrogen (secondary N) is 1. The largest absolute Gasteiger partial charge is 0.496 e. The number of hydrogen-bond donors (Lipinski definition) is 1. The molecule has 0 fully saturated rings. The second kappa shape index (κ2) is 9.00. The third-order valence-electron chi connectivity index (χ3n) is 4.14. The molecular formula is C22H19Cl2NO3. The lowest BCUT2D eigenvalue weighted by Crippen LogP contribution is -2.13. The minimum Gasteiger partial charge on any atom is -0.496 e. The molecule has 0 bridgehead atoms. The van der Waals surface area contributed by atoms with Gasteiger partial charge in [0.05, 0.1) is 17.8 Å². The zero-order valence-corrected chi connectivity index (χ0v) is 17.0. The van der Waals surface area contributed by atoms with Crippen molar-refractivity contribution < 1.29 is 14.3 Å². The van der Waals surface area contributed by atoms with Gasteiger partial charge in [0.15, 0.2) is 0 Å². The number of halogens is 2. The zero-order chi connectivity index (χ0) is 20.1. The zero-order valence-electron chi connectivity index (χ0n) is 15.5. The van der Waals surface area contributed by atoms with Crippen LogP contribution in [0.3, 0.4) is 0 Å². The Hall–Kier alpha value is -2.69. The van der Waals surface area contributed by atoms with Crippen LogP contribution in [0, 0.1) is 6.92 Å². The number of aryl methyl sites for hydroxylation is 1. The van der Waals surface area contributed by atoms with E-state index in [0.717, 1.165) is 16.9 Å². The van der Waals surface area contributed by atoms with E-state index >= 15 is 0 Å². The minimum atomic E-state index is -0.288. The van der Waals surface area contributed by atoms with Gasteiger partial charge in [-0.15, -0.1) is 0 Å². The van der Waals surface area contributed by atoms with E-state index in [1.807, 2.05) is 31.2 Å². The molecule has 6 heteroatoms. The number of rotatable bonds is 6. The van der Waals surface area contributed by atoms with Crippen LogP contribution in [0.15, 0.2) is 60.7 Å². The first kappa shape index (κ1) is 20.1. The maximum Gasteiger partial charge on any atom is 0.255 e. The topological polar surface area (TPSA) is 47.6 Å². The van der Waals surface area contributed by atoms with Crippen molar-refractivity contribution in [3.8, 4) is 11.5 Å². The van der Waals surface area contributed by atoms with Gasteiger partial charge >= 0.3 is 0 Å². The van der Waals surface area contributed by atoms with Crippen molar-refractivity contribution in [1.82, 2.24) is 0 Å². The van der Waals surface area contributed by atoms with Crippen molar-refractivity contribution in [3.63, 3.8) is 0 Å². The van der Waals surface area contributed by atoms with Crippen molar-refractivity contribution in [3.05, 3.63) is 87.4 Å². The number of methoxy groups -OCH3 is 1. The minimum absolute atomic E-state index is 0.273. The summed E-state index contributed by atoms with van der Waals surface area (Å²) >= 11 is 12.0. The van der Waals surface area contributed by atoms with Crippen LogP contribution in [0.2, 0.25) is 10.0 Å². The molecular weight excluding hydrogens is 397 g/mol. The smallest absolute Gasteiger partial charge is 0.255 e. The molecule has 0 aliphatic rings. The first-order valence-electron chi connectivity index (χ1n) is 8.59. The lowest BCUT2D eigenvalue weighted by atomic mass is 10.1. The molecule has 0 heterocycles. The van der Waals surface area contributed by atoms with E-state index in [-0.39, 0.29) is 12.5 Å². The molecule has 0 aliphatic carbocycles. The normalized spacial score (nSPS) is 10.4. The van der Waals surface area contributed by atoms with Gasteiger partial charge in [0.25, 0.3) is 5.91 Å². The summed E-state index contributed by atoms with van der Waals surface area (Å²) in [6, 6.07) is 17.8. The highest BCUT2D eigenvalue weighted by molar-refractivity contribution is 6.36. The molecule has 0 saturated carbocycles. The Bertz CT molecular complexity index is 988. The number of amides is 1. The van der Waals surface area contributed by atoms with Gasteiger partial charge in [0.2, 0.25) is 0 Å². The van der Waals surface area contributed by atoms with Crippen molar-refractivity contribution in [2.75, 3.05) is 12.4 Å². The number of hydrogen-bond acceptors (Lipinski definition) is 3. The van der Waals surface area contributed by atoms with Gasteiger partial charge in [-0.05, 0) is 55.5 Å². The van der Waals surface area contributed by atoms with E-state index in [1.54, 1.807) is 43.5 Å². The molecule has 3 aromatic rings. The molecule has 0 aromatic heterocycles. The Morgan fingerprint density at radius 1 is 1.00 bits per heavy atom. The van der Waals surface area contributed by atoms with E-state index in [0.29, 0.717) is 27.0 Å². The van der Waals surface area contributed by atoms with Gasteiger partial charge < -0.3 is 14.8 Å². The van der Waals surface area contributed by atoms with Crippen LogP contribution in [0.25, 0.3) is 0 Å². The molecule has 28 heavy (non-hydrogen) atoms. The summed E-state index contributed by atoms with van der Waals surface area (Å²) in [6.07, 6.45) is 0. The number of benzene rings is 3. The third-order valence-corrected chi connectivity index (χ3v) is 4.69. The number of carbonyl (C=O) groups is 1. The standard InChI is InChI=1S/C22H19Cl2NO3/c1-14-3-7-18(8-4-14)28-13-16-11-15(5-10-21(16)27-2)22(26)25-20-9-6-17(23)12-19(20)24/h3-12H,13H2,1-2H3,(H,25,26). The summed E-state index contributed by atoms with van der Waals surface area (Å²) < 4.78 is 11.2. The number of ether oxygens (including phenoxy) is 2. The highest BCUT2D eigenvalue weighted by Gasteiger charge is 2.13. The third kappa shape index (κ3) is 4.97. The quantitative estimate of drug-likeness (QED) is 0.525. The molecule has 0 spiro atoms. The average Bonchev–Trinajstić information content (AvgIpc) is 2.69. The first-order valence-corrected chi connectivity index (χ1v) is 9.34. The SMILES string of the molecule is COc1ccc(C(=O)Nc2ccc(Cl)cc2Cl)cc1COc1ccc(C)cc1. The van der Waals surface area contributed by atoms with Crippen molar-refractivity contribution in [1.29, 1.82) is 0 Å².